The Bertz CT molecular complexity index is 812. The first-order valence-electron chi connectivity index (χ1n) is 9.44. The second-order valence-electron chi connectivity index (χ2n) is 7.60. The third kappa shape index (κ3) is 5.50. The van der Waals surface area contributed by atoms with Gasteiger partial charge in [-0.2, -0.15) is 13.2 Å². The number of amides is 2. The zero-order valence-electron chi connectivity index (χ0n) is 16.0. The molecule has 0 aliphatic heterocycles. The predicted molar refractivity (Wildman–Crippen MR) is 99.6 cm³/mol. The zero-order valence-corrected chi connectivity index (χ0v) is 16.0. The Morgan fingerprint density at radius 3 is 2.75 bits per heavy atom. The van der Waals surface area contributed by atoms with E-state index in [0.29, 0.717) is 30.4 Å². The lowest BCUT2D eigenvalue weighted by Crippen LogP contribution is -2.43. The minimum atomic E-state index is -4.37. The summed E-state index contributed by atoms with van der Waals surface area (Å²) in [6.07, 6.45) is 1.20. The lowest BCUT2D eigenvalue weighted by atomic mass is 10.1. The van der Waals surface area contributed by atoms with Crippen LogP contribution in [0.15, 0.2) is 36.7 Å². The minimum Gasteiger partial charge on any atom is -0.336 e. The van der Waals surface area contributed by atoms with Crippen LogP contribution >= 0.6 is 0 Å². The van der Waals surface area contributed by atoms with Gasteiger partial charge in [0.1, 0.15) is 5.82 Å². The molecular weight excluding hydrogens is 369 g/mol. The lowest BCUT2D eigenvalue weighted by Gasteiger charge is -2.24. The number of hydrogen-bond donors (Lipinski definition) is 1. The predicted octanol–water partition coefficient (Wildman–Crippen LogP) is 4.28. The number of nitrogens with zero attached hydrogens (tertiary/aromatic N) is 3. The lowest BCUT2D eigenvalue weighted by molar-refractivity contribution is -0.137. The molecule has 152 valence electrons. The molecule has 1 saturated carbocycles. The Hall–Kier alpha value is -2.51. The van der Waals surface area contributed by atoms with Crippen molar-refractivity contribution in [2.24, 2.45) is 5.92 Å². The molecule has 1 aliphatic rings. The van der Waals surface area contributed by atoms with Gasteiger partial charge >= 0.3 is 12.2 Å². The standard InChI is InChI=1S/C20H25F3N4O/c1-14(2)25-19(28)27(11-15-6-7-15)13-18-24-8-9-26(18)12-16-4-3-5-17(10-16)20(21,22)23/h3-5,8-10,14-15H,6-7,11-13H2,1-2H3,(H,25,28). The molecule has 1 aromatic carbocycles. The van der Waals surface area contributed by atoms with Crippen molar-refractivity contribution in [2.75, 3.05) is 6.54 Å². The third-order valence-electron chi connectivity index (χ3n) is 4.62. The average molecular weight is 394 g/mol. The molecule has 3 rings (SSSR count). The van der Waals surface area contributed by atoms with Crippen LogP contribution in [-0.2, 0) is 19.3 Å². The van der Waals surface area contributed by atoms with Crippen molar-refractivity contribution in [1.82, 2.24) is 19.8 Å². The van der Waals surface area contributed by atoms with Gasteiger partial charge in [0.2, 0.25) is 0 Å². The number of rotatable bonds is 7. The Balaban J connectivity index is 1.74. The Kier molecular flexibility index (Phi) is 5.96. The minimum absolute atomic E-state index is 0.0269. The number of carbonyl (C=O) groups excluding carboxylic acids is 1. The van der Waals surface area contributed by atoms with E-state index >= 15 is 0 Å². The van der Waals surface area contributed by atoms with E-state index in [4.69, 9.17) is 0 Å². The van der Waals surface area contributed by atoms with Crippen molar-refractivity contribution in [2.45, 2.75) is 52.0 Å². The van der Waals surface area contributed by atoms with Gasteiger partial charge < -0.3 is 14.8 Å². The molecule has 1 aromatic heterocycles. The van der Waals surface area contributed by atoms with Gasteiger partial charge in [-0.3, -0.25) is 0 Å². The van der Waals surface area contributed by atoms with Gasteiger partial charge in [0.25, 0.3) is 0 Å². The molecule has 1 fully saturated rings. The molecule has 2 aromatic rings. The smallest absolute Gasteiger partial charge is 0.336 e. The zero-order chi connectivity index (χ0) is 20.3. The van der Waals surface area contributed by atoms with Crippen LogP contribution < -0.4 is 5.32 Å². The molecule has 0 atom stereocenters. The molecule has 0 radical (unpaired) electrons. The van der Waals surface area contributed by atoms with Gasteiger partial charge in [0, 0.05) is 31.5 Å². The van der Waals surface area contributed by atoms with E-state index in [9.17, 15) is 18.0 Å². The van der Waals surface area contributed by atoms with Gasteiger partial charge in [-0.05, 0) is 50.3 Å². The highest BCUT2D eigenvalue weighted by Crippen LogP contribution is 2.31. The molecule has 0 unspecified atom stereocenters. The monoisotopic (exact) mass is 394 g/mol. The Labute approximate surface area is 162 Å². The summed E-state index contributed by atoms with van der Waals surface area (Å²) >= 11 is 0. The number of urea groups is 1. The molecule has 1 N–H and O–H groups in total. The van der Waals surface area contributed by atoms with E-state index in [1.807, 2.05) is 13.8 Å². The fraction of sp³-hybridized carbons (Fsp3) is 0.500. The normalized spacial score (nSPS) is 14.4. The maximum atomic E-state index is 12.9. The van der Waals surface area contributed by atoms with Crippen molar-refractivity contribution in [3.05, 3.63) is 53.6 Å². The van der Waals surface area contributed by atoms with Crippen molar-refractivity contribution in [3.8, 4) is 0 Å². The van der Waals surface area contributed by atoms with E-state index in [1.54, 1.807) is 27.9 Å². The van der Waals surface area contributed by atoms with Gasteiger partial charge in [-0.1, -0.05) is 12.1 Å². The van der Waals surface area contributed by atoms with Crippen molar-refractivity contribution >= 4 is 6.03 Å². The number of benzene rings is 1. The van der Waals surface area contributed by atoms with Crippen LogP contribution in [0.2, 0.25) is 0 Å². The number of halogens is 3. The van der Waals surface area contributed by atoms with Crippen LogP contribution in [0.1, 0.15) is 43.6 Å². The molecule has 0 saturated heterocycles. The SMILES string of the molecule is CC(C)NC(=O)N(Cc1nccn1Cc1cccc(C(F)(F)F)c1)CC1CC1. The highest BCUT2D eigenvalue weighted by atomic mass is 19.4. The first-order valence-corrected chi connectivity index (χ1v) is 9.44. The van der Waals surface area contributed by atoms with E-state index in [2.05, 4.69) is 10.3 Å². The number of aromatic nitrogens is 2. The number of hydrogen-bond acceptors (Lipinski definition) is 2. The summed E-state index contributed by atoms with van der Waals surface area (Å²) in [4.78, 5) is 18.6. The summed E-state index contributed by atoms with van der Waals surface area (Å²) < 4.78 is 40.6. The molecule has 1 aliphatic carbocycles. The van der Waals surface area contributed by atoms with E-state index in [-0.39, 0.29) is 18.6 Å². The van der Waals surface area contributed by atoms with Crippen LogP contribution in [0.5, 0.6) is 0 Å². The molecule has 0 bridgehead atoms. The van der Waals surface area contributed by atoms with E-state index in [0.717, 1.165) is 25.0 Å². The van der Waals surface area contributed by atoms with Crippen LogP contribution in [0.4, 0.5) is 18.0 Å². The number of carbonyl (C=O) groups is 1. The number of nitrogens with one attached hydrogen (secondary N) is 1. The maximum Gasteiger partial charge on any atom is 0.416 e. The molecule has 0 spiro atoms. The number of alkyl halides is 3. The summed E-state index contributed by atoms with van der Waals surface area (Å²) in [7, 11) is 0. The first kappa shape index (κ1) is 20.2. The second kappa shape index (κ2) is 8.24. The molecule has 8 heteroatoms. The number of imidazole rings is 1. The highest BCUT2D eigenvalue weighted by molar-refractivity contribution is 5.74. The van der Waals surface area contributed by atoms with Crippen LogP contribution in [0.3, 0.4) is 0 Å². The summed E-state index contributed by atoms with van der Waals surface area (Å²) in [6, 6.07) is 5.16. The van der Waals surface area contributed by atoms with Crippen LogP contribution in [0, 0.1) is 5.92 Å². The van der Waals surface area contributed by atoms with Gasteiger partial charge in [-0.15, -0.1) is 0 Å². The maximum absolute atomic E-state index is 12.9. The molecule has 5 nitrogen and oxygen atoms in total. The van der Waals surface area contributed by atoms with Gasteiger partial charge in [-0.25, -0.2) is 9.78 Å². The first-order chi connectivity index (χ1) is 13.2. The molecule has 2 amide bonds. The highest BCUT2D eigenvalue weighted by Gasteiger charge is 2.30. The van der Waals surface area contributed by atoms with Crippen molar-refractivity contribution in [3.63, 3.8) is 0 Å². The fourth-order valence-electron chi connectivity index (χ4n) is 3.02. The summed E-state index contributed by atoms with van der Waals surface area (Å²) in [5, 5.41) is 2.91. The van der Waals surface area contributed by atoms with E-state index < -0.39 is 11.7 Å². The summed E-state index contributed by atoms with van der Waals surface area (Å²) in [5.41, 5.74) is -0.132. The van der Waals surface area contributed by atoms with Crippen molar-refractivity contribution < 1.29 is 18.0 Å². The second-order valence-corrected chi connectivity index (χ2v) is 7.60. The molecule has 28 heavy (non-hydrogen) atoms. The molecular formula is C20H25F3N4O. The average Bonchev–Trinajstić information content (AvgIpc) is 3.32. The quantitative estimate of drug-likeness (QED) is 0.762. The Morgan fingerprint density at radius 1 is 1.36 bits per heavy atom. The van der Waals surface area contributed by atoms with E-state index in [1.165, 1.54) is 6.07 Å². The largest absolute Gasteiger partial charge is 0.416 e. The van der Waals surface area contributed by atoms with Crippen LogP contribution in [-0.4, -0.2) is 33.1 Å². The van der Waals surface area contributed by atoms with Crippen LogP contribution in [0.25, 0.3) is 0 Å². The third-order valence-corrected chi connectivity index (χ3v) is 4.62. The Morgan fingerprint density at radius 2 is 2.11 bits per heavy atom. The van der Waals surface area contributed by atoms with Gasteiger partial charge in [0.15, 0.2) is 0 Å². The topological polar surface area (TPSA) is 50.2 Å². The molecule has 1 heterocycles. The summed E-state index contributed by atoms with van der Waals surface area (Å²) in [6.45, 7) is 5.06. The summed E-state index contributed by atoms with van der Waals surface area (Å²) in [5.74, 6) is 1.17. The van der Waals surface area contributed by atoms with Crippen molar-refractivity contribution in [1.29, 1.82) is 0 Å². The van der Waals surface area contributed by atoms with Gasteiger partial charge in [0.05, 0.1) is 12.1 Å². The fourth-order valence-corrected chi connectivity index (χ4v) is 3.02.